The monoisotopic (exact) mass is 313 g/mol. The molecule has 1 aromatic carbocycles. The van der Waals surface area contributed by atoms with Crippen LogP contribution in [0.3, 0.4) is 0 Å². The number of rotatable bonds is 11. The summed E-state index contributed by atoms with van der Waals surface area (Å²) >= 11 is 0. The lowest BCUT2D eigenvalue weighted by molar-refractivity contribution is -0.678. The van der Waals surface area contributed by atoms with Crippen molar-refractivity contribution in [2.24, 2.45) is 7.05 Å². The van der Waals surface area contributed by atoms with Crippen molar-refractivity contribution < 1.29 is 4.57 Å². The highest BCUT2D eigenvalue weighted by Gasteiger charge is 2.14. The normalized spacial score (nSPS) is 11.0. The van der Waals surface area contributed by atoms with Gasteiger partial charge in [-0.25, -0.2) is 9.13 Å². The van der Waals surface area contributed by atoms with Crippen molar-refractivity contribution in [3.05, 3.63) is 54.1 Å². The fourth-order valence-electron chi connectivity index (χ4n) is 3.18. The highest BCUT2D eigenvalue weighted by atomic mass is 15.1. The third-order valence-electron chi connectivity index (χ3n) is 4.67. The van der Waals surface area contributed by atoms with Crippen LogP contribution in [0.1, 0.15) is 69.7 Å². The molecule has 2 nitrogen and oxygen atoms in total. The van der Waals surface area contributed by atoms with Crippen molar-refractivity contribution in [1.29, 1.82) is 0 Å². The summed E-state index contributed by atoms with van der Waals surface area (Å²) in [5.74, 6) is 1.40. The zero-order valence-corrected chi connectivity index (χ0v) is 15.0. The van der Waals surface area contributed by atoms with E-state index in [0.717, 1.165) is 13.0 Å². The SMILES string of the molecule is CCCCCCCCCCn1cc[n+](C)c1Cc1ccccc1. The van der Waals surface area contributed by atoms with Crippen LogP contribution in [0.15, 0.2) is 42.7 Å². The summed E-state index contributed by atoms with van der Waals surface area (Å²) in [6, 6.07) is 10.8. The number of imidazole rings is 1. The first-order valence-electron chi connectivity index (χ1n) is 9.39. The fraction of sp³-hybridized carbons (Fsp3) is 0.571. The molecule has 0 fully saturated rings. The third kappa shape index (κ3) is 6.21. The average molecular weight is 314 g/mol. The summed E-state index contributed by atoms with van der Waals surface area (Å²) in [5.41, 5.74) is 1.39. The molecule has 0 aliphatic carbocycles. The van der Waals surface area contributed by atoms with Gasteiger partial charge in [0.2, 0.25) is 0 Å². The maximum Gasteiger partial charge on any atom is 0.260 e. The molecule has 0 N–H and O–H groups in total. The van der Waals surface area contributed by atoms with Gasteiger partial charge in [0.15, 0.2) is 0 Å². The Balaban J connectivity index is 1.73. The van der Waals surface area contributed by atoms with Gasteiger partial charge in [-0.2, -0.15) is 0 Å². The van der Waals surface area contributed by atoms with Crippen molar-refractivity contribution in [3.63, 3.8) is 0 Å². The van der Waals surface area contributed by atoms with E-state index in [1.54, 1.807) is 0 Å². The Labute approximate surface area is 142 Å². The Morgan fingerprint density at radius 1 is 0.870 bits per heavy atom. The summed E-state index contributed by atoms with van der Waals surface area (Å²) in [5, 5.41) is 0. The van der Waals surface area contributed by atoms with Crippen LogP contribution in [0.4, 0.5) is 0 Å². The van der Waals surface area contributed by atoms with Gasteiger partial charge >= 0.3 is 0 Å². The first kappa shape index (κ1) is 17.8. The van der Waals surface area contributed by atoms with E-state index < -0.39 is 0 Å². The molecule has 126 valence electrons. The smallest absolute Gasteiger partial charge is 0.237 e. The number of hydrogen-bond acceptors (Lipinski definition) is 0. The predicted octanol–water partition coefficient (Wildman–Crippen LogP) is 5.04. The molecule has 23 heavy (non-hydrogen) atoms. The molecule has 0 atom stereocenters. The Morgan fingerprint density at radius 2 is 1.52 bits per heavy atom. The number of aromatic nitrogens is 2. The summed E-state index contributed by atoms with van der Waals surface area (Å²) in [6.07, 6.45) is 16.5. The third-order valence-corrected chi connectivity index (χ3v) is 4.67. The Kier molecular flexibility index (Phi) is 7.92. The highest BCUT2D eigenvalue weighted by molar-refractivity contribution is 5.18. The Bertz CT molecular complexity index is 542. The fourth-order valence-corrected chi connectivity index (χ4v) is 3.18. The summed E-state index contributed by atoms with van der Waals surface area (Å²) < 4.78 is 4.70. The van der Waals surface area contributed by atoms with Gasteiger partial charge < -0.3 is 0 Å². The number of hydrogen-bond donors (Lipinski definition) is 0. The van der Waals surface area contributed by atoms with E-state index in [-0.39, 0.29) is 0 Å². The van der Waals surface area contributed by atoms with Gasteiger partial charge in [-0.1, -0.05) is 75.8 Å². The van der Waals surface area contributed by atoms with Gasteiger partial charge in [0, 0.05) is 0 Å². The molecule has 0 bridgehead atoms. The van der Waals surface area contributed by atoms with E-state index in [4.69, 9.17) is 0 Å². The molecule has 2 aromatic rings. The topological polar surface area (TPSA) is 8.81 Å². The second-order valence-corrected chi connectivity index (χ2v) is 6.66. The molecule has 2 heteroatoms. The molecule has 0 saturated carbocycles. The number of unbranched alkanes of at least 4 members (excludes halogenated alkanes) is 7. The van der Waals surface area contributed by atoms with Crippen LogP contribution in [-0.4, -0.2) is 4.57 Å². The largest absolute Gasteiger partial charge is 0.260 e. The second-order valence-electron chi connectivity index (χ2n) is 6.66. The Morgan fingerprint density at radius 3 is 2.22 bits per heavy atom. The summed E-state index contributed by atoms with van der Waals surface area (Å²) in [4.78, 5) is 0. The molecule has 0 saturated heterocycles. The summed E-state index contributed by atoms with van der Waals surface area (Å²) in [6.45, 7) is 3.43. The lowest BCUT2D eigenvalue weighted by Crippen LogP contribution is -2.32. The van der Waals surface area contributed by atoms with Crippen molar-refractivity contribution in [3.8, 4) is 0 Å². The molecular formula is C21H33N2+. The molecule has 0 spiro atoms. The minimum Gasteiger partial charge on any atom is -0.237 e. The molecule has 0 unspecified atom stereocenters. The van der Waals surface area contributed by atoms with Gasteiger partial charge in [0.05, 0.1) is 20.0 Å². The van der Waals surface area contributed by atoms with Crippen LogP contribution in [-0.2, 0) is 20.0 Å². The van der Waals surface area contributed by atoms with Crippen molar-refractivity contribution in [2.75, 3.05) is 0 Å². The van der Waals surface area contributed by atoms with Gasteiger partial charge in [-0.05, 0) is 18.4 Å². The molecule has 0 radical (unpaired) electrons. The van der Waals surface area contributed by atoms with E-state index in [0.29, 0.717) is 0 Å². The van der Waals surface area contributed by atoms with E-state index in [1.165, 1.54) is 62.8 Å². The maximum atomic E-state index is 2.43. The van der Waals surface area contributed by atoms with Crippen LogP contribution in [0.2, 0.25) is 0 Å². The zero-order valence-electron chi connectivity index (χ0n) is 15.0. The lowest BCUT2D eigenvalue weighted by atomic mass is 10.1. The number of nitrogens with zero attached hydrogens (tertiary/aromatic N) is 2. The first-order valence-corrected chi connectivity index (χ1v) is 9.39. The molecule has 0 aliphatic rings. The van der Waals surface area contributed by atoms with E-state index in [9.17, 15) is 0 Å². The minimum absolute atomic E-state index is 1.02. The molecule has 0 aliphatic heterocycles. The average Bonchev–Trinajstić information content (AvgIpc) is 2.91. The predicted molar refractivity (Wildman–Crippen MR) is 97.5 cm³/mol. The molecule has 1 heterocycles. The highest BCUT2D eigenvalue weighted by Crippen LogP contribution is 2.11. The minimum atomic E-state index is 1.02. The van der Waals surface area contributed by atoms with Crippen LogP contribution in [0.5, 0.6) is 0 Å². The van der Waals surface area contributed by atoms with Crippen molar-refractivity contribution >= 4 is 0 Å². The quantitative estimate of drug-likeness (QED) is 0.406. The van der Waals surface area contributed by atoms with Gasteiger partial charge in [0.25, 0.3) is 5.82 Å². The van der Waals surface area contributed by atoms with Gasteiger partial charge in [0.1, 0.15) is 12.4 Å². The van der Waals surface area contributed by atoms with E-state index in [2.05, 4.69) is 65.8 Å². The van der Waals surface area contributed by atoms with Crippen LogP contribution in [0.25, 0.3) is 0 Å². The van der Waals surface area contributed by atoms with Crippen LogP contribution < -0.4 is 4.57 Å². The molecule has 2 rings (SSSR count). The van der Waals surface area contributed by atoms with E-state index >= 15 is 0 Å². The molecule has 0 amide bonds. The Hall–Kier alpha value is -1.57. The molecule has 1 aromatic heterocycles. The molecular weight excluding hydrogens is 280 g/mol. The van der Waals surface area contributed by atoms with Crippen LogP contribution >= 0.6 is 0 Å². The second kappa shape index (κ2) is 10.3. The number of benzene rings is 1. The lowest BCUT2D eigenvalue weighted by Gasteiger charge is -2.04. The maximum absolute atomic E-state index is 2.43. The zero-order chi connectivity index (χ0) is 16.3. The van der Waals surface area contributed by atoms with Gasteiger partial charge in [-0.3, -0.25) is 0 Å². The van der Waals surface area contributed by atoms with Gasteiger partial charge in [-0.15, -0.1) is 0 Å². The number of aryl methyl sites for hydroxylation is 2. The summed E-state index contributed by atoms with van der Waals surface area (Å²) in [7, 11) is 2.16. The van der Waals surface area contributed by atoms with Crippen molar-refractivity contribution in [2.45, 2.75) is 71.3 Å². The van der Waals surface area contributed by atoms with Crippen LogP contribution in [0, 0.1) is 0 Å². The first-order chi connectivity index (χ1) is 11.3. The standard InChI is InChI=1S/C21H33N2/c1-3-4-5-6-7-8-9-13-16-23-18-17-22(2)21(23)19-20-14-11-10-12-15-20/h10-12,14-15,17-18H,3-9,13,16,19H2,1-2H3/q+1. The van der Waals surface area contributed by atoms with E-state index in [1.807, 2.05) is 0 Å². The van der Waals surface area contributed by atoms with Crippen molar-refractivity contribution in [1.82, 2.24) is 4.57 Å².